The molecule has 3 rings (SSSR count). The van der Waals surface area contributed by atoms with Gasteiger partial charge in [0.25, 0.3) is 5.91 Å². The quantitative estimate of drug-likeness (QED) is 0.892. The summed E-state index contributed by atoms with van der Waals surface area (Å²) >= 11 is 5.95. The Labute approximate surface area is 145 Å². The number of hydrogen-bond acceptors (Lipinski definition) is 5. The zero-order chi connectivity index (χ0) is 16.8. The lowest BCUT2D eigenvalue weighted by molar-refractivity contribution is 0.102. The molecule has 0 saturated heterocycles. The van der Waals surface area contributed by atoms with Crippen LogP contribution in [0.15, 0.2) is 30.9 Å². The maximum atomic E-state index is 12.3. The normalized spacial score (nSPS) is 15.0. The number of hydrogen-bond donors (Lipinski definition) is 1. The van der Waals surface area contributed by atoms with E-state index in [1.807, 2.05) is 0 Å². The van der Waals surface area contributed by atoms with Crippen LogP contribution in [0.4, 0.5) is 5.82 Å². The number of nitrogens with one attached hydrogen (secondary N) is 1. The molecule has 1 fully saturated rings. The molecule has 1 aliphatic rings. The first-order valence-electron chi connectivity index (χ1n) is 8.08. The van der Waals surface area contributed by atoms with Crippen molar-refractivity contribution in [2.45, 2.75) is 32.1 Å². The average Bonchev–Trinajstić information content (AvgIpc) is 2.62. The summed E-state index contributed by atoms with van der Waals surface area (Å²) in [5.74, 6) is 1.05. The molecule has 7 heteroatoms. The molecule has 0 aliphatic heterocycles. The number of aromatic nitrogens is 3. The fraction of sp³-hybridized carbons (Fsp3) is 0.412. The third kappa shape index (κ3) is 4.20. The van der Waals surface area contributed by atoms with E-state index >= 15 is 0 Å². The van der Waals surface area contributed by atoms with Gasteiger partial charge in [0.2, 0.25) is 0 Å². The van der Waals surface area contributed by atoms with Gasteiger partial charge in [-0.25, -0.2) is 15.0 Å². The number of nitrogens with zero attached hydrogens (tertiary/aromatic N) is 3. The van der Waals surface area contributed by atoms with Crippen molar-refractivity contribution in [3.63, 3.8) is 0 Å². The van der Waals surface area contributed by atoms with Crippen molar-refractivity contribution in [2.75, 3.05) is 11.9 Å². The smallest absolute Gasteiger partial charge is 0.277 e. The Bertz CT molecular complexity index is 704. The summed E-state index contributed by atoms with van der Waals surface area (Å²) in [5.41, 5.74) is 0.107. The monoisotopic (exact) mass is 346 g/mol. The lowest BCUT2D eigenvalue weighted by Crippen LogP contribution is -2.18. The molecule has 0 unspecified atom stereocenters. The second-order valence-corrected chi connectivity index (χ2v) is 6.25. The standard InChI is InChI=1S/C17H19ClN4O2/c18-13-9-19-11-21-15(13)17(23)22-16-14(7-4-8-20-16)24-10-12-5-2-1-3-6-12/h4,7-9,11-12H,1-3,5-6,10H2,(H,20,22,23). The minimum Gasteiger partial charge on any atom is -0.489 e. The van der Waals surface area contributed by atoms with Crippen LogP contribution < -0.4 is 10.1 Å². The summed E-state index contributed by atoms with van der Waals surface area (Å²) in [6.45, 7) is 0.642. The van der Waals surface area contributed by atoms with Crippen molar-refractivity contribution < 1.29 is 9.53 Å². The summed E-state index contributed by atoms with van der Waals surface area (Å²) in [4.78, 5) is 24.2. The van der Waals surface area contributed by atoms with Gasteiger partial charge < -0.3 is 10.1 Å². The van der Waals surface area contributed by atoms with E-state index in [0.717, 1.165) is 0 Å². The zero-order valence-corrected chi connectivity index (χ0v) is 14.0. The number of carbonyl (C=O) groups excluding carboxylic acids is 1. The Hall–Kier alpha value is -2.21. The second kappa shape index (κ2) is 8.06. The highest BCUT2D eigenvalue weighted by Gasteiger charge is 2.17. The molecular formula is C17H19ClN4O2. The van der Waals surface area contributed by atoms with Gasteiger partial charge in [-0.05, 0) is 30.9 Å². The van der Waals surface area contributed by atoms with Crippen LogP contribution in [-0.2, 0) is 0 Å². The number of rotatable bonds is 5. The molecule has 126 valence electrons. The van der Waals surface area contributed by atoms with E-state index in [2.05, 4.69) is 20.3 Å². The van der Waals surface area contributed by atoms with Crippen LogP contribution in [0.5, 0.6) is 5.75 Å². The van der Waals surface area contributed by atoms with Gasteiger partial charge in [0.1, 0.15) is 6.33 Å². The molecule has 2 aromatic heterocycles. The van der Waals surface area contributed by atoms with E-state index in [0.29, 0.717) is 24.1 Å². The largest absolute Gasteiger partial charge is 0.489 e. The van der Waals surface area contributed by atoms with Gasteiger partial charge in [0.05, 0.1) is 11.6 Å². The highest BCUT2D eigenvalue weighted by molar-refractivity contribution is 6.33. The predicted octanol–water partition coefficient (Wildman–Crippen LogP) is 3.74. The minimum absolute atomic E-state index is 0.107. The van der Waals surface area contributed by atoms with E-state index in [1.165, 1.54) is 44.6 Å². The first-order chi connectivity index (χ1) is 11.7. The predicted molar refractivity (Wildman–Crippen MR) is 91.3 cm³/mol. The number of pyridine rings is 1. The van der Waals surface area contributed by atoms with Gasteiger partial charge in [0.15, 0.2) is 17.3 Å². The van der Waals surface area contributed by atoms with Crippen LogP contribution in [0.25, 0.3) is 0 Å². The molecule has 24 heavy (non-hydrogen) atoms. The summed E-state index contributed by atoms with van der Waals surface area (Å²) in [7, 11) is 0. The van der Waals surface area contributed by atoms with Gasteiger partial charge in [-0.15, -0.1) is 0 Å². The number of ether oxygens (including phenoxy) is 1. The number of amides is 1. The molecule has 1 amide bonds. The summed E-state index contributed by atoms with van der Waals surface area (Å²) in [6.07, 6.45) is 10.5. The zero-order valence-electron chi connectivity index (χ0n) is 13.2. The van der Waals surface area contributed by atoms with Crippen LogP contribution in [0.1, 0.15) is 42.6 Å². The van der Waals surface area contributed by atoms with Gasteiger partial charge in [-0.3, -0.25) is 4.79 Å². The van der Waals surface area contributed by atoms with Gasteiger partial charge in [-0.2, -0.15) is 0 Å². The summed E-state index contributed by atoms with van der Waals surface area (Å²) < 4.78 is 5.90. The third-order valence-corrected chi connectivity index (χ3v) is 4.36. The van der Waals surface area contributed by atoms with Crippen LogP contribution in [-0.4, -0.2) is 27.5 Å². The topological polar surface area (TPSA) is 77.0 Å². The van der Waals surface area contributed by atoms with Gasteiger partial charge in [0, 0.05) is 12.4 Å². The molecule has 0 aromatic carbocycles. The molecule has 1 saturated carbocycles. The second-order valence-electron chi connectivity index (χ2n) is 5.84. The molecular weight excluding hydrogens is 328 g/mol. The Kier molecular flexibility index (Phi) is 5.59. The van der Waals surface area contributed by atoms with Crippen molar-refractivity contribution in [1.82, 2.24) is 15.0 Å². The number of halogens is 1. The lowest BCUT2D eigenvalue weighted by Gasteiger charge is -2.22. The van der Waals surface area contributed by atoms with Crippen molar-refractivity contribution in [1.29, 1.82) is 0 Å². The molecule has 2 aromatic rings. The Morgan fingerprint density at radius 2 is 2.12 bits per heavy atom. The highest BCUT2D eigenvalue weighted by atomic mass is 35.5. The van der Waals surface area contributed by atoms with Crippen molar-refractivity contribution >= 4 is 23.3 Å². The molecule has 1 N–H and O–H groups in total. The molecule has 1 aliphatic carbocycles. The van der Waals surface area contributed by atoms with Crippen molar-refractivity contribution in [3.8, 4) is 5.75 Å². The lowest BCUT2D eigenvalue weighted by atomic mass is 9.90. The van der Waals surface area contributed by atoms with Gasteiger partial charge >= 0.3 is 0 Å². The fourth-order valence-electron chi connectivity index (χ4n) is 2.81. The van der Waals surface area contributed by atoms with E-state index in [9.17, 15) is 4.79 Å². The first kappa shape index (κ1) is 16.6. The maximum absolute atomic E-state index is 12.3. The summed E-state index contributed by atoms with van der Waals surface area (Å²) in [6, 6.07) is 3.58. The number of anilines is 1. The molecule has 0 atom stereocenters. The Morgan fingerprint density at radius 1 is 1.29 bits per heavy atom. The Morgan fingerprint density at radius 3 is 2.92 bits per heavy atom. The average molecular weight is 347 g/mol. The van der Waals surface area contributed by atoms with Crippen LogP contribution >= 0.6 is 11.6 Å². The molecule has 6 nitrogen and oxygen atoms in total. The molecule has 0 bridgehead atoms. The number of carbonyl (C=O) groups is 1. The van der Waals surface area contributed by atoms with Crippen molar-refractivity contribution in [2.24, 2.45) is 5.92 Å². The highest BCUT2D eigenvalue weighted by Crippen LogP contribution is 2.27. The van der Waals surface area contributed by atoms with Crippen molar-refractivity contribution in [3.05, 3.63) is 41.6 Å². The van der Waals surface area contributed by atoms with Gasteiger partial charge in [-0.1, -0.05) is 30.9 Å². The van der Waals surface area contributed by atoms with E-state index in [1.54, 1.807) is 18.3 Å². The van der Waals surface area contributed by atoms with Crippen LogP contribution in [0.3, 0.4) is 0 Å². The SMILES string of the molecule is O=C(Nc1ncccc1OCC1CCCCC1)c1ncncc1Cl. The van der Waals surface area contributed by atoms with E-state index in [-0.39, 0.29) is 10.7 Å². The third-order valence-electron chi connectivity index (χ3n) is 4.08. The maximum Gasteiger partial charge on any atom is 0.277 e. The van der Waals surface area contributed by atoms with E-state index < -0.39 is 5.91 Å². The first-order valence-corrected chi connectivity index (χ1v) is 8.46. The molecule has 0 spiro atoms. The fourth-order valence-corrected chi connectivity index (χ4v) is 3.00. The Balaban J connectivity index is 1.67. The minimum atomic E-state index is -0.441. The van der Waals surface area contributed by atoms with Crippen LogP contribution in [0, 0.1) is 5.92 Å². The molecule has 0 radical (unpaired) electrons. The molecule has 2 heterocycles. The summed E-state index contributed by atoms with van der Waals surface area (Å²) in [5, 5.41) is 2.90. The van der Waals surface area contributed by atoms with Crippen LogP contribution in [0.2, 0.25) is 5.02 Å². The van der Waals surface area contributed by atoms with E-state index in [4.69, 9.17) is 16.3 Å².